The van der Waals surface area contributed by atoms with Crippen LogP contribution in [-0.2, 0) is 13.0 Å². The van der Waals surface area contributed by atoms with Gasteiger partial charge in [0.2, 0.25) is 0 Å². The second-order valence-corrected chi connectivity index (χ2v) is 5.76. The first-order chi connectivity index (χ1) is 12.5. The summed E-state index contributed by atoms with van der Waals surface area (Å²) in [4.78, 5) is 14.3. The molecule has 0 radical (unpaired) electrons. The highest BCUT2D eigenvalue weighted by molar-refractivity contribution is 14.0. The molecule has 148 valence electrons. The fourth-order valence-electron chi connectivity index (χ4n) is 2.25. The second-order valence-electron chi connectivity index (χ2n) is 5.35. The third-order valence-corrected chi connectivity index (χ3v) is 3.99. The van der Waals surface area contributed by atoms with Crippen LogP contribution >= 0.6 is 35.6 Å². The molecule has 9 nitrogen and oxygen atoms in total. The number of aromatic nitrogens is 2. The smallest absolute Gasteiger partial charge is 0.306 e. The molecule has 0 unspecified atom stereocenters. The first-order valence-corrected chi connectivity index (χ1v) is 8.35. The van der Waals surface area contributed by atoms with Crippen LogP contribution in [0, 0.1) is 10.1 Å². The van der Waals surface area contributed by atoms with Crippen LogP contribution in [0.4, 0.5) is 5.69 Å². The molecule has 1 aromatic carbocycles. The maximum Gasteiger partial charge on any atom is 0.306 e. The SMILES string of the molecule is CN=C(NCCc1ccc(OC)cc1Cl)NCCn1cc([N+](=O)[O-])cn1.I. The number of halogens is 2. The molecule has 0 aliphatic heterocycles. The van der Waals surface area contributed by atoms with Gasteiger partial charge in [0.15, 0.2) is 5.96 Å². The van der Waals surface area contributed by atoms with Gasteiger partial charge in [0.05, 0.1) is 18.6 Å². The van der Waals surface area contributed by atoms with Crippen LogP contribution in [0.1, 0.15) is 5.56 Å². The molecule has 0 fully saturated rings. The summed E-state index contributed by atoms with van der Waals surface area (Å²) in [6.07, 6.45) is 3.35. The normalized spacial score (nSPS) is 10.9. The zero-order chi connectivity index (χ0) is 18.9. The van der Waals surface area contributed by atoms with Crippen molar-refractivity contribution in [2.45, 2.75) is 13.0 Å². The number of aliphatic imine (C=N–C) groups is 1. The van der Waals surface area contributed by atoms with Gasteiger partial charge in [-0.3, -0.25) is 19.8 Å². The number of guanidine groups is 1. The summed E-state index contributed by atoms with van der Waals surface area (Å²) < 4.78 is 6.64. The van der Waals surface area contributed by atoms with Crippen molar-refractivity contribution in [3.63, 3.8) is 0 Å². The third-order valence-electron chi connectivity index (χ3n) is 3.63. The molecule has 2 N–H and O–H groups in total. The predicted octanol–water partition coefficient (Wildman–Crippen LogP) is 2.48. The first-order valence-electron chi connectivity index (χ1n) is 7.97. The highest BCUT2D eigenvalue weighted by Gasteiger charge is 2.08. The van der Waals surface area contributed by atoms with Crippen molar-refractivity contribution in [1.29, 1.82) is 0 Å². The van der Waals surface area contributed by atoms with Crippen LogP contribution in [0.2, 0.25) is 5.02 Å². The van der Waals surface area contributed by atoms with E-state index in [9.17, 15) is 10.1 Å². The Kier molecular flexibility index (Phi) is 9.86. The van der Waals surface area contributed by atoms with Crippen LogP contribution < -0.4 is 15.4 Å². The quantitative estimate of drug-likeness (QED) is 0.187. The maximum atomic E-state index is 10.6. The topological polar surface area (TPSA) is 107 Å². The molecule has 0 saturated carbocycles. The summed E-state index contributed by atoms with van der Waals surface area (Å²) in [6, 6.07) is 5.59. The molecular formula is C16H22ClIN6O3. The van der Waals surface area contributed by atoms with Crippen molar-refractivity contribution >= 4 is 47.2 Å². The highest BCUT2D eigenvalue weighted by atomic mass is 127. The number of hydrogen-bond donors (Lipinski definition) is 2. The molecule has 27 heavy (non-hydrogen) atoms. The van der Waals surface area contributed by atoms with Crippen LogP contribution in [0.3, 0.4) is 0 Å². The number of nitrogens with zero attached hydrogens (tertiary/aromatic N) is 4. The van der Waals surface area contributed by atoms with E-state index < -0.39 is 4.92 Å². The fourth-order valence-corrected chi connectivity index (χ4v) is 2.52. The maximum absolute atomic E-state index is 10.6. The lowest BCUT2D eigenvalue weighted by Crippen LogP contribution is -2.39. The van der Waals surface area contributed by atoms with Crippen molar-refractivity contribution in [3.8, 4) is 5.75 Å². The van der Waals surface area contributed by atoms with Crippen molar-refractivity contribution < 1.29 is 9.66 Å². The molecule has 2 aromatic rings. The van der Waals surface area contributed by atoms with Gasteiger partial charge in [-0.25, -0.2) is 0 Å². The Bertz CT molecular complexity index is 783. The van der Waals surface area contributed by atoms with E-state index in [-0.39, 0.29) is 29.7 Å². The minimum absolute atomic E-state index is 0. The minimum Gasteiger partial charge on any atom is -0.497 e. The van der Waals surface area contributed by atoms with Crippen molar-refractivity contribution in [1.82, 2.24) is 20.4 Å². The highest BCUT2D eigenvalue weighted by Crippen LogP contribution is 2.22. The van der Waals surface area contributed by atoms with E-state index in [0.29, 0.717) is 30.6 Å². The number of nitro groups is 1. The molecule has 0 aliphatic rings. The van der Waals surface area contributed by atoms with E-state index in [2.05, 4.69) is 20.7 Å². The standard InChI is InChI=1S/C16H21ClN6O3.HI/c1-18-16(20-7-8-22-11-13(10-21-22)23(24)25)19-6-5-12-3-4-14(26-2)9-15(12)17;/h3-4,9-11H,5-8H2,1-2H3,(H2,18,19,20);1H. The Hall–Kier alpha value is -2.08. The van der Waals surface area contributed by atoms with Crippen LogP contribution in [-0.4, -0.2) is 47.9 Å². The number of rotatable bonds is 8. The molecular weight excluding hydrogens is 487 g/mol. The lowest BCUT2D eigenvalue weighted by atomic mass is 10.1. The minimum atomic E-state index is -0.471. The van der Waals surface area contributed by atoms with Crippen molar-refractivity contribution in [2.75, 3.05) is 27.2 Å². The van der Waals surface area contributed by atoms with Crippen LogP contribution in [0.15, 0.2) is 35.6 Å². The predicted molar refractivity (Wildman–Crippen MR) is 115 cm³/mol. The number of methoxy groups -OCH3 is 1. The number of benzene rings is 1. The molecule has 1 heterocycles. The molecule has 0 spiro atoms. The summed E-state index contributed by atoms with van der Waals surface area (Å²) in [5, 5.41) is 21.6. The summed E-state index contributed by atoms with van der Waals surface area (Å²) >= 11 is 6.22. The number of hydrogen-bond acceptors (Lipinski definition) is 5. The average Bonchev–Trinajstić information content (AvgIpc) is 3.10. The first kappa shape index (κ1) is 23.0. The number of nitrogens with one attached hydrogen (secondary N) is 2. The van der Waals surface area contributed by atoms with Gasteiger partial charge in [-0.15, -0.1) is 24.0 Å². The Labute approximate surface area is 179 Å². The summed E-state index contributed by atoms with van der Waals surface area (Å²) in [7, 11) is 3.28. The van der Waals surface area contributed by atoms with E-state index in [1.54, 1.807) is 20.2 Å². The van der Waals surface area contributed by atoms with Crippen molar-refractivity contribution in [3.05, 3.63) is 51.3 Å². The van der Waals surface area contributed by atoms with E-state index >= 15 is 0 Å². The molecule has 2 rings (SSSR count). The Balaban J connectivity index is 0.00000364. The van der Waals surface area contributed by atoms with Crippen LogP contribution in [0.25, 0.3) is 0 Å². The molecule has 0 amide bonds. The fraction of sp³-hybridized carbons (Fsp3) is 0.375. The van der Waals surface area contributed by atoms with Gasteiger partial charge in [0.1, 0.15) is 18.1 Å². The Morgan fingerprint density at radius 1 is 1.41 bits per heavy atom. The lowest BCUT2D eigenvalue weighted by molar-refractivity contribution is -0.385. The van der Waals surface area contributed by atoms with E-state index in [4.69, 9.17) is 16.3 Å². The molecule has 0 saturated heterocycles. The van der Waals surface area contributed by atoms with Gasteiger partial charge in [0.25, 0.3) is 0 Å². The van der Waals surface area contributed by atoms with Gasteiger partial charge >= 0.3 is 5.69 Å². The summed E-state index contributed by atoms with van der Waals surface area (Å²) in [5.74, 6) is 1.36. The molecule has 1 aromatic heterocycles. The zero-order valence-corrected chi connectivity index (χ0v) is 18.1. The van der Waals surface area contributed by atoms with Crippen LogP contribution in [0.5, 0.6) is 5.75 Å². The second kappa shape index (κ2) is 11.6. The van der Waals surface area contributed by atoms with E-state index in [0.717, 1.165) is 17.7 Å². The molecule has 0 atom stereocenters. The Morgan fingerprint density at radius 3 is 2.74 bits per heavy atom. The molecule has 11 heteroatoms. The number of ether oxygens (including phenoxy) is 1. The largest absolute Gasteiger partial charge is 0.497 e. The molecule has 0 bridgehead atoms. The summed E-state index contributed by atoms with van der Waals surface area (Å²) in [5.41, 5.74) is 0.989. The van der Waals surface area contributed by atoms with Gasteiger partial charge < -0.3 is 15.4 Å². The average molecular weight is 509 g/mol. The van der Waals surface area contributed by atoms with Gasteiger partial charge in [-0.2, -0.15) is 5.10 Å². The van der Waals surface area contributed by atoms with E-state index in [1.807, 2.05) is 12.1 Å². The monoisotopic (exact) mass is 508 g/mol. The van der Waals surface area contributed by atoms with Crippen molar-refractivity contribution in [2.24, 2.45) is 4.99 Å². The van der Waals surface area contributed by atoms with E-state index in [1.165, 1.54) is 17.1 Å². The van der Waals surface area contributed by atoms with Gasteiger partial charge in [-0.05, 0) is 24.1 Å². The zero-order valence-electron chi connectivity index (χ0n) is 15.0. The lowest BCUT2D eigenvalue weighted by Gasteiger charge is -2.12. The molecule has 0 aliphatic carbocycles. The van der Waals surface area contributed by atoms with Gasteiger partial charge in [-0.1, -0.05) is 17.7 Å². The Morgan fingerprint density at radius 2 is 2.15 bits per heavy atom. The van der Waals surface area contributed by atoms with Gasteiger partial charge in [0, 0.05) is 25.2 Å². The third kappa shape index (κ3) is 7.21. The summed E-state index contributed by atoms with van der Waals surface area (Å²) in [6.45, 7) is 1.67.